The molecular formula is C20H20F3NO2. The number of methoxy groups -OCH3 is 1. The van der Waals surface area contributed by atoms with Gasteiger partial charge in [-0.2, -0.15) is 13.2 Å². The normalized spacial score (nSPS) is 12.4. The van der Waals surface area contributed by atoms with E-state index < -0.39 is 12.1 Å². The van der Waals surface area contributed by atoms with Crippen molar-refractivity contribution in [2.75, 3.05) is 13.7 Å². The minimum Gasteiger partial charge on any atom is -0.497 e. The summed E-state index contributed by atoms with van der Waals surface area (Å²) < 4.78 is 48.9. The molecule has 0 saturated heterocycles. The third-order valence-electron chi connectivity index (χ3n) is 3.47. The number of benzene rings is 2. The second-order valence-corrected chi connectivity index (χ2v) is 5.42. The molecule has 0 fully saturated rings. The van der Waals surface area contributed by atoms with Crippen LogP contribution in [0.25, 0.3) is 0 Å². The van der Waals surface area contributed by atoms with E-state index in [0.717, 1.165) is 12.8 Å². The van der Waals surface area contributed by atoms with Gasteiger partial charge in [-0.25, -0.2) is 4.99 Å². The van der Waals surface area contributed by atoms with Crippen molar-refractivity contribution < 1.29 is 22.6 Å². The van der Waals surface area contributed by atoms with Crippen LogP contribution in [0, 0.1) is 0 Å². The molecule has 3 nitrogen and oxygen atoms in total. The van der Waals surface area contributed by atoms with Crippen molar-refractivity contribution in [1.82, 2.24) is 0 Å². The van der Waals surface area contributed by atoms with Gasteiger partial charge in [0.05, 0.1) is 12.8 Å². The Kier molecular flexibility index (Phi) is 7.26. The summed E-state index contributed by atoms with van der Waals surface area (Å²) in [5, 5.41) is 0. The van der Waals surface area contributed by atoms with E-state index in [1.54, 1.807) is 12.2 Å². The molecule has 2 rings (SSSR count). The van der Waals surface area contributed by atoms with Gasteiger partial charge < -0.3 is 9.47 Å². The smallest absolute Gasteiger partial charge is 0.468 e. The Morgan fingerprint density at radius 3 is 2.31 bits per heavy atom. The highest BCUT2D eigenvalue weighted by atomic mass is 19.4. The number of alkyl halides is 3. The SMILES string of the molecule is COc1ccc(N=C(OC/C=C\CCc2ccccc2)C(F)(F)F)cc1. The first-order valence-corrected chi connectivity index (χ1v) is 8.10. The Morgan fingerprint density at radius 1 is 1.00 bits per heavy atom. The minimum absolute atomic E-state index is 0.145. The van der Waals surface area contributed by atoms with E-state index in [1.165, 1.54) is 36.9 Å². The third-order valence-corrected chi connectivity index (χ3v) is 3.47. The topological polar surface area (TPSA) is 30.8 Å². The van der Waals surface area contributed by atoms with Crippen molar-refractivity contribution in [2.45, 2.75) is 19.0 Å². The molecule has 0 aliphatic rings. The number of nitrogens with zero attached hydrogens (tertiary/aromatic N) is 1. The molecule has 0 N–H and O–H groups in total. The lowest BCUT2D eigenvalue weighted by atomic mass is 10.1. The van der Waals surface area contributed by atoms with Crippen LogP contribution in [0.2, 0.25) is 0 Å². The van der Waals surface area contributed by atoms with E-state index in [0.29, 0.717) is 5.75 Å². The van der Waals surface area contributed by atoms with Gasteiger partial charge in [0, 0.05) is 0 Å². The van der Waals surface area contributed by atoms with Crippen LogP contribution >= 0.6 is 0 Å². The molecule has 0 aromatic heterocycles. The number of aliphatic imine (C=N–C) groups is 1. The fourth-order valence-electron chi connectivity index (χ4n) is 2.16. The Labute approximate surface area is 150 Å². The molecule has 0 atom stereocenters. The first kappa shape index (κ1) is 19.6. The van der Waals surface area contributed by atoms with Crippen LogP contribution in [-0.2, 0) is 11.2 Å². The van der Waals surface area contributed by atoms with E-state index in [4.69, 9.17) is 9.47 Å². The average Bonchev–Trinajstić information content (AvgIpc) is 2.64. The largest absolute Gasteiger partial charge is 0.497 e. The zero-order valence-electron chi connectivity index (χ0n) is 14.4. The molecule has 2 aromatic rings. The zero-order chi connectivity index (χ0) is 18.8. The molecule has 6 heteroatoms. The summed E-state index contributed by atoms with van der Waals surface area (Å²) in [7, 11) is 1.48. The van der Waals surface area contributed by atoms with E-state index in [-0.39, 0.29) is 12.3 Å². The summed E-state index contributed by atoms with van der Waals surface area (Å²) in [4.78, 5) is 3.55. The van der Waals surface area contributed by atoms with Gasteiger partial charge in [0.1, 0.15) is 12.4 Å². The standard InChI is InChI=1S/C20H20F3NO2/c1-25-18-13-11-17(12-14-18)24-19(20(21,22)23)26-15-7-3-6-10-16-8-4-2-5-9-16/h2-5,7-9,11-14H,6,10,15H2,1H3/b7-3-,24-19?. The summed E-state index contributed by atoms with van der Waals surface area (Å²) >= 11 is 0. The molecule has 0 bridgehead atoms. The van der Waals surface area contributed by atoms with E-state index >= 15 is 0 Å². The quantitative estimate of drug-likeness (QED) is 0.370. The van der Waals surface area contributed by atoms with Crippen molar-refractivity contribution in [2.24, 2.45) is 4.99 Å². The zero-order valence-corrected chi connectivity index (χ0v) is 14.4. The van der Waals surface area contributed by atoms with Crippen LogP contribution in [0.3, 0.4) is 0 Å². The minimum atomic E-state index is -4.65. The van der Waals surface area contributed by atoms with Crippen molar-refractivity contribution in [3.05, 3.63) is 72.3 Å². The summed E-state index contributed by atoms with van der Waals surface area (Å²) in [5.41, 5.74) is 1.32. The maximum Gasteiger partial charge on any atom is 0.468 e. The van der Waals surface area contributed by atoms with Crippen LogP contribution in [0.4, 0.5) is 18.9 Å². The van der Waals surface area contributed by atoms with Crippen LogP contribution in [-0.4, -0.2) is 25.8 Å². The van der Waals surface area contributed by atoms with Crippen molar-refractivity contribution in [3.63, 3.8) is 0 Å². The molecule has 0 heterocycles. The van der Waals surface area contributed by atoms with Crippen LogP contribution in [0.15, 0.2) is 71.7 Å². The van der Waals surface area contributed by atoms with Crippen LogP contribution in [0.1, 0.15) is 12.0 Å². The van der Waals surface area contributed by atoms with Crippen molar-refractivity contribution in [1.29, 1.82) is 0 Å². The lowest BCUT2D eigenvalue weighted by molar-refractivity contribution is -0.0770. The number of hydrogen-bond acceptors (Lipinski definition) is 3. The van der Waals surface area contributed by atoms with E-state index in [2.05, 4.69) is 4.99 Å². The molecule has 0 aliphatic carbocycles. The Hall–Kier alpha value is -2.76. The third kappa shape index (κ3) is 6.63. The number of allylic oxidation sites excluding steroid dienone is 1. The van der Waals surface area contributed by atoms with Gasteiger partial charge in [0.25, 0.3) is 5.90 Å². The van der Waals surface area contributed by atoms with Crippen LogP contribution in [0.5, 0.6) is 5.75 Å². The van der Waals surface area contributed by atoms with Gasteiger partial charge in [-0.05, 0) is 42.7 Å². The Bertz CT molecular complexity index is 723. The van der Waals surface area contributed by atoms with Gasteiger partial charge in [0.2, 0.25) is 0 Å². The fourth-order valence-corrected chi connectivity index (χ4v) is 2.16. The number of aryl methyl sites for hydroxylation is 1. The second kappa shape index (κ2) is 9.65. The highest BCUT2D eigenvalue weighted by Crippen LogP contribution is 2.24. The monoisotopic (exact) mass is 363 g/mol. The highest BCUT2D eigenvalue weighted by Gasteiger charge is 2.38. The molecule has 0 amide bonds. The summed E-state index contributed by atoms with van der Waals surface area (Å²) in [5.74, 6) is -0.727. The molecule has 26 heavy (non-hydrogen) atoms. The first-order valence-electron chi connectivity index (χ1n) is 8.10. The van der Waals surface area contributed by atoms with E-state index in [9.17, 15) is 13.2 Å². The van der Waals surface area contributed by atoms with Gasteiger partial charge in [-0.1, -0.05) is 42.5 Å². The molecule has 0 spiro atoms. The molecule has 0 unspecified atom stereocenters. The van der Waals surface area contributed by atoms with E-state index in [1.807, 2.05) is 30.3 Å². The fraction of sp³-hybridized carbons (Fsp3) is 0.250. The average molecular weight is 363 g/mol. The van der Waals surface area contributed by atoms with Gasteiger partial charge in [0.15, 0.2) is 0 Å². The second-order valence-electron chi connectivity index (χ2n) is 5.42. The molecular weight excluding hydrogens is 343 g/mol. The molecule has 0 aliphatic heterocycles. The van der Waals surface area contributed by atoms with Gasteiger partial charge in [-0.15, -0.1) is 0 Å². The molecule has 2 aromatic carbocycles. The molecule has 138 valence electrons. The lowest BCUT2D eigenvalue weighted by Crippen LogP contribution is -2.25. The van der Waals surface area contributed by atoms with Crippen LogP contribution < -0.4 is 4.74 Å². The predicted octanol–water partition coefficient (Wildman–Crippen LogP) is 5.49. The first-order chi connectivity index (χ1) is 12.5. The number of halogens is 3. The Morgan fingerprint density at radius 2 is 1.69 bits per heavy atom. The number of rotatable bonds is 7. The van der Waals surface area contributed by atoms with Gasteiger partial charge >= 0.3 is 6.18 Å². The summed E-state index contributed by atoms with van der Waals surface area (Å²) in [6, 6.07) is 15.8. The Balaban J connectivity index is 1.89. The van der Waals surface area contributed by atoms with Crippen molar-refractivity contribution >= 4 is 11.6 Å². The molecule has 0 radical (unpaired) electrons. The molecule has 0 saturated carbocycles. The maximum atomic E-state index is 13.0. The predicted molar refractivity (Wildman–Crippen MR) is 96.0 cm³/mol. The summed E-state index contributed by atoms with van der Waals surface area (Å²) in [6.45, 7) is -0.191. The highest BCUT2D eigenvalue weighted by molar-refractivity contribution is 5.84. The number of hydrogen-bond donors (Lipinski definition) is 0. The number of ether oxygens (including phenoxy) is 2. The van der Waals surface area contributed by atoms with Gasteiger partial charge in [-0.3, -0.25) is 0 Å². The van der Waals surface area contributed by atoms with Crippen molar-refractivity contribution in [3.8, 4) is 5.75 Å². The summed E-state index contributed by atoms with van der Waals surface area (Å²) in [6.07, 6.45) is 0.262. The maximum absolute atomic E-state index is 13.0. The lowest BCUT2D eigenvalue weighted by Gasteiger charge is -2.11.